The summed E-state index contributed by atoms with van der Waals surface area (Å²) in [5.41, 5.74) is 5.09. The molecule has 0 radical (unpaired) electrons. The van der Waals surface area contributed by atoms with E-state index in [2.05, 4.69) is 15.0 Å². The lowest BCUT2D eigenvalue weighted by atomic mass is 10.0. The molecule has 1 aromatic heterocycles. The number of primary amides is 1. The van der Waals surface area contributed by atoms with Gasteiger partial charge in [0.05, 0.1) is 23.0 Å². The Bertz CT molecular complexity index is 1660. The van der Waals surface area contributed by atoms with E-state index in [0.717, 1.165) is 11.0 Å². The lowest BCUT2D eigenvalue weighted by Gasteiger charge is -2.28. The minimum Gasteiger partial charge on any atom is -0.450 e. The van der Waals surface area contributed by atoms with E-state index < -0.39 is 39.7 Å². The molecule has 0 spiro atoms. The topological polar surface area (TPSA) is 131 Å². The number of aliphatic imine (C=N–C) groups is 1. The largest absolute Gasteiger partial charge is 0.450 e. The molecule has 13 heteroatoms. The molecule has 0 bridgehead atoms. The molecule has 1 atom stereocenters. The first-order valence-corrected chi connectivity index (χ1v) is 13.9. The van der Waals surface area contributed by atoms with Crippen LogP contribution in [0.4, 0.5) is 26.0 Å². The molecule has 40 heavy (non-hydrogen) atoms. The predicted molar refractivity (Wildman–Crippen MR) is 143 cm³/mol. The number of hydrogen-bond donors (Lipinski definition) is 1. The Morgan fingerprint density at radius 2 is 1.85 bits per heavy atom. The van der Waals surface area contributed by atoms with Crippen molar-refractivity contribution >= 4 is 51.7 Å². The Kier molecular flexibility index (Phi) is 6.17. The van der Waals surface area contributed by atoms with E-state index in [1.807, 2.05) is 0 Å². The Morgan fingerprint density at radius 1 is 1.12 bits per heavy atom. The molecule has 3 aromatic rings. The van der Waals surface area contributed by atoms with Gasteiger partial charge in [-0.1, -0.05) is 0 Å². The van der Waals surface area contributed by atoms with Crippen LogP contribution in [0.15, 0.2) is 64.6 Å². The summed E-state index contributed by atoms with van der Waals surface area (Å²) < 4.78 is 46.9. The highest BCUT2D eigenvalue weighted by atomic mass is 32.2. The van der Waals surface area contributed by atoms with Gasteiger partial charge in [-0.3, -0.25) is 23.7 Å². The number of ether oxygens (including phenoxy) is 1. The van der Waals surface area contributed by atoms with Crippen LogP contribution in [-0.4, -0.2) is 51.2 Å². The molecule has 1 unspecified atom stereocenters. The Morgan fingerprint density at radius 3 is 2.50 bits per heavy atom. The first-order valence-electron chi connectivity index (χ1n) is 12.3. The zero-order valence-electron chi connectivity index (χ0n) is 21.1. The molecule has 10 nitrogen and oxygen atoms in total. The summed E-state index contributed by atoms with van der Waals surface area (Å²) in [5, 5.41) is 0.189. The molecule has 1 fully saturated rings. The molecule has 2 N–H and O–H groups in total. The minimum absolute atomic E-state index is 0.116. The van der Waals surface area contributed by atoms with Crippen LogP contribution < -0.4 is 20.3 Å². The van der Waals surface area contributed by atoms with Crippen molar-refractivity contribution in [2.75, 3.05) is 29.1 Å². The van der Waals surface area contributed by atoms with Gasteiger partial charge in [0.2, 0.25) is 17.0 Å². The molecule has 0 saturated heterocycles. The second-order valence-electron chi connectivity index (χ2n) is 9.53. The number of nitrogens with zero attached hydrogens (tertiary/aromatic N) is 5. The number of amidine groups is 1. The van der Waals surface area contributed by atoms with Crippen molar-refractivity contribution in [3.05, 3.63) is 71.6 Å². The van der Waals surface area contributed by atoms with Crippen molar-refractivity contribution in [2.45, 2.75) is 18.0 Å². The maximum absolute atomic E-state index is 15.5. The van der Waals surface area contributed by atoms with Crippen LogP contribution in [0.25, 0.3) is 6.08 Å². The van der Waals surface area contributed by atoms with Crippen LogP contribution in [0.2, 0.25) is 0 Å². The average molecular weight is 565 g/mol. The molecule has 6 rings (SSSR count). The number of hydrogen-bond acceptors (Lipinski definition) is 8. The van der Waals surface area contributed by atoms with Crippen LogP contribution in [-0.2, 0) is 20.4 Å². The summed E-state index contributed by atoms with van der Waals surface area (Å²) >= 11 is 0. The van der Waals surface area contributed by atoms with E-state index in [1.54, 1.807) is 11.0 Å². The fourth-order valence-corrected chi connectivity index (χ4v) is 5.09. The highest BCUT2D eigenvalue weighted by molar-refractivity contribution is 7.84. The predicted octanol–water partition coefficient (Wildman–Crippen LogP) is 3.07. The van der Waals surface area contributed by atoms with E-state index >= 15 is 4.39 Å². The van der Waals surface area contributed by atoms with Crippen molar-refractivity contribution in [1.82, 2.24) is 9.97 Å². The van der Waals surface area contributed by atoms with Gasteiger partial charge in [-0.2, -0.15) is 0 Å². The second kappa shape index (κ2) is 9.59. The van der Waals surface area contributed by atoms with Crippen LogP contribution in [0, 0.1) is 17.0 Å². The summed E-state index contributed by atoms with van der Waals surface area (Å²) in [6.45, 7) is 0.968. The van der Waals surface area contributed by atoms with Gasteiger partial charge in [-0.15, -0.1) is 0 Å². The third kappa shape index (κ3) is 4.31. The zero-order chi connectivity index (χ0) is 28.2. The lowest BCUT2D eigenvalue weighted by molar-refractivity contribution is -0.133. The van der Waals surface area contributed by atoms with Gasteiger partial charge in [0.25, 0.3) is 0 Å². The maximum atomic E-state index is 15.5. The van der Waals surface area contributed by atoms with E-state index in [9.17, 15) is 18.2 Å². The fourth-order valence-electron chi connectivity index (χ4n) is 4.68. The normalized spacial score (nSPS) is 17.2. The first kappa shape index (κ1) is 25.7. The van der Waals surface area contributed by atoms with Crippen molar-refractivity contribution in [1.29, 1.82) is 0 Å². The lowest BCUT2D eigenvalue weighted by Crippen LogP contribution is -2.41. The van der Waals surface area contributed by atoms with Crippen molar-refractivity contribution < 1.29 is 27.3 Å². The van der Waals surface area contributed by atoms with E-state index in [-0.39, 0.29) is 40.9 Å². The van der Waals surface area contributed by atoms with Crippen molar-refractivity contribution in [2.24, 2.45) is 16.1 Å². The monoisotopic (exact) mass is 564 g/mol. The number of anilines is 3. The van der Waals surface area contributed by atoms with Gasteiger partial charge < -0.3 is 15.4 Å². The molecule has 3 heterocycles. The number of nitrogens with two attached hydrogens (primary N) is 1. The minimum atomic E-state index is -1.39. The SMILES string of the molecule is CS(=O)c1ncc2c(n1)N1CCN=C1C(Oc1ccc(N(C(=O)C3(C(N)=O)CC3)c3ccc(F)cc3)cc1F)=C2. The maximum Gasteiger partial charge on any atom is 0.247 e. The number of fused-ring (bicyclic) bond motifs is 3. The van der Waals surface area contributed by atoms with E-state index in [1.165, 1.54) is 48.9 Å². The van der Waals surface area contributed by atoms with Gasteiger partial charge in [-0.25, -0.2) is 18.7 Å². The molecule has 2 aliphatic heterocycles. The number of carbonyl (C=O) groups is 2. The van der Waals surface area contributed by atoms with E-state index in [0.29, 0.717) is 30.3 Å². The number of benzene rings is 2. The number of halogens is 2. The molecular weight excluding hydrogens is 542 g/mol. The number of aromatic nitrogens is 2. The van der Waals surface area contributed by atoms with Gasteiger partial charge in [-0.05, 0) is 55.3 Å². The smallest absolute Gasteiger partial charge is 0.247 e. The molecular formula is C27H22F2N6O4S. The molecule has 204 valence electrons. The summed E-state index contributed by atoms with van der Waals surface area (Å²) in [6, 6.07) is 8.99. The third-order valence-electron chi connectivity index (χ3n) is 6.95. The van der Waals surface area contributed by atoms with Gasteiger partial charge >= 0.3 is 0 Å². The van der Waals surface area contributed by atoms with Crippen LogP contribution in [0.3, 0.4) is 0 Å². The second-order valence-corrected chi connectivity index (χ2v) is 10.8. The molecule has 1 aliphatic carbocycles. The first-order chi connectivity index (χ1) is 19.2. The quantitative estimate of drug-likeness (QED) is 0.345. The third-order valence-corrected chi connectivity index (χ3v) is 7.66. The summed E-state index contributed by atoms with van der Waals surface area (Å²) in [4.78, 5) is 41.5. The van der Waals surface area contributed by atoms with Gasteiger partial charge in [0.15, 0.2) is 23.2 Å². The van der Waals surface area contributed by atoms with Crippen molar-refractivity contribution in [3.63, 3.8) is 0 Å². The number of rotatable bonds is 7. The van der Waals surface area contributed by atoms with Gasteiger partial charge in [0, 0.05) is 36.3 Å². The highest BCUT2D eigenvalue weighted by Crippen LogP contribution is 2.49. The number of amides is 2. The summed E-state index contributed by atoms with van der Waals surface area (Å²) in [5.74, 6) is -1.57. The fraction of sp³-hybridized carbons (Fsp3) is 0.222. The average Bonchev–Trinajstić information content (AvgIpc) is 3.61. The Balaban J connectivity index is 1.34. The summed E-state index contributed by atoms with van der Waals surface area (Å²) in [6.07, 6.45) is 5.19. The van der Waals surface area contributed by atoms with Gasteiger partial charge in [0.1, 0.15) is 17.1 Å². The Labute approximate surface area is 229 Å². The standard InChI is InChI=1S/C27H22F2N6O4S/c1-40(38)26-32-14-15-12-21(23-31-10-11-34(23)22(15)33-26)39-20-7-6-18(13-19(20)29)35(17-4-2-16(28)3-5-17)25(37)27(8-9-27)24(30)36/h2-7,12-14H,8-11H2,1H3,(H2,30,36). The van der Waals surface area contributed by atoms with Crippen molar-refractivity contribution in [3.8, 4) is 5.75 Å². The molecule has 2 amide bonds. The molecule has 2 aromatic carbocycles. The zero-order valence-corrected chi connectivity index (χ0v) is 22.0. The number of carbonyl (C=O) groups excluding carboxylic acids is 2. The summed E-state index contributed by atoms with van der Waals surface area (Å²) in [7, 11) is -1.37. The Hall–Kier alpha value is -4.52. The van der Waals surface area contributed by atoms with Crippen LogP contribution in [0.5, 0.6) is 5.75 Å². The highest BCUT2D eigenvalue weighted by Gasteiger charge is 2.57. The molecule has 3 aliphatic rings. The molecule has 1 saturated carbocycles. The van der Waals surface area contributed by atoms with Crippen LogP contribution >= 0.6 is 0 Å². The van der Waals surface area contributed by atoms with E-state index in [4.69, 9.17) is 10.5 Å². The van der Waals surface area contributed by atoms with Crippen LogP contribution in [0.1, 0.15) is 18.4 Å².